The van der Waals surface area contributed by atoms with Gasteiger partial charge in [-0.1, -0.05) is 42.1 Å². The van der Waals surface area contributed by atoms with Crippen LogP contribution in [-0.4, -0.2) is 59.3 Å². The van der Waals surface area contributed by atoms with E-state index in [1.807, 2.05) is 54.0 Å². The maximum absolute atomic E-state index is 12.9. The highest BCUT2D eigenvalue weighted by Crippen LogP contribution is 2.32. The zero-order chi connectivity index (χ0) is 22.5. The van der Waals surface area contributed by atoms with Crippen LogP contribution >= 0.6 is 11.8 Å². The number of morpholine rings is 1. The smallest absolute Gasteiger partial charge is 0.237 e. The van der Waals surface area contributed by atoms with Crippen molar-refractivity contribution in [1.82, 2.24) is 14.8 Å². The van der Waals surface area contributed by atoms with Crippen LogP contribution in [0.25, 0.3) is 5.69 Å². The first-order valence-electron chi connectivity index (χ1n) is 10.5. The molecule has 0 spiro atoms. The number of nitrogens with one attached hydrogen (secondary N) is 1. The molecule has 1 unspecified atom stereocenters. The minimum Gasteiger partial charge on any atom is -0.495 e. The van der Waals surface area contributed by atoms with Gasteiger partial charge in [0.05, 0.1) is 36.9 Å². The largest absolute Gasteiger partial charge is 0.495 e. The maximum Gasteiger partial charge on any atom is 0.237 e. The molecule has 1 saturated heterocycles. The number of amides is 1. The second-order valence-corrected chi connectivity index (χ2v) is 8.76. The SMILES string of the molecule is COc1ccccc1NC(=O)C(C)Sc1nnc(N2CCOCC2)n1-c1ccccc1C. The fraction of sp³-hybridized carbons (Fsp3) is 0.348. The lowest BCUT2D eigenvalue weighted by molar-refractivity contribution is -0.115. The van der Waals surface area contributed by atoms with Crippen LogP contribution in [0.15, 0.2) is 53.7 Å². The number of thioether (sulfide) groups is 1. The van der Waals surface area contributed by atoms with Crippen LogP contribution in [0.1, 0.15) is 12.5 Å². The number of hydrogen-bond acceptors (Lipinski definition) is 7. The van der Waals surface area contributed by atoms with Gasteiger partial charge in [0, 0.05) is 13.1 Å². The predicted molar refractivity (Wildman–Crippen MR) is 126 cm³/mol. The summed E-state index contributed by atoms with van der Waals surface area (Å²) in [6, 6.07) is 15.5. The summed E-state index contributed by atoms with van der Waals surface area (Å²) in [4.78, 5) is 15.1. The Morgan fingerprint density at radius 2 is 1.84 bits per heavy atom. The molecule has 1 aliphatic rings. The van der Waals surface area contributed by atoms with E-state index >= 15 is 0 Å². The summed E-state index contributed by atoms with van der Waals surface area (Å²) >= 11 is 1.38. The number of carbonyl (C=O) groups excluding carboxylic acids is 1. The first-order chi connectivity index (χ1) is 15.6. The Morgan fingerprint density at radius 1 is 1.12 bits per heavy atom. The van der Waals surface area contributed by atoms with Gasteiger partial charge in [-0.05, 0) is 37.6 Å². The zero-order valence-corrected chi connectivity index (χ0v) is 19.3. The van der Waals surface area contributed by atoms with Gasteiger partial charge >= 0.3 is 0 Å². The monoisotopic (exact) mass is 453 g/mol. The number of para-hydroxylation sites is 3. The molecule has 9 heteroatoms. The molecule has 0 bridgehead atoms. The molecule has 2 heterocycles. The van der Waals surface area contributed by atoms with E-state index in [-0.39, 0.29) is 5.91 Å². The van der Waals surface area contributed by atoms with Gasteiger partial charge in [0.2, 0.25) is 11.9 Å². The molecule has 1 fully saturated rings. The maximum atomic E-state index is 12.9. The average Bonchev–Trinajstić information content (AvgIpc) is 3.23. The molecule has 0 aliphatic carbocycles. The van der Waals surface area contributed by atoms with E-state index in [9.17, 15) is 4.79 Å². The van der Waals surface area contributed by atoms with Crippen molar-refractivity contribution in [3.05, 3.63) is 54.1 Å². The second-order valence-electron chi connectivity index (χ2n) is 7.45. The fourth-order valence-corrected chi connectivity index (χ4v) is 4.38. The van der Waals surface area contributed by atoms with Crippen molar-refractivity contribution < 1.29 is 14.3 Å². The number of methoxy groups -OCH3 is 1. The molecule has 2 aromatic carbocycles. The fourth-order valence-electron chi connectivity index (χ4n) is 3.53. The third-order valence-electron chi connectivity index (χ3n) is 5.28. The van der Waals surface area contributed by atoms with Gasteiger partial charge in [-0.2, -0.15) is 0 Å². The lowest BCUT2D eigenvalue weighted by Gasteiger charge is -2.28. The Balaban J connectivity index is 1.61. The van der Waals surface area contributed by atoms with Gasteiger partial charge in [0.25, 0.3) is 0 Å². The topological polar surface area (TPSA) is 81.5 Å². The number of nitrogens with zero attached hydrogens (tertiary/aromatic N) is 4. The first kappa shape index (κ1) is 22.2. The van der Waals surface area contributed by atoms with Crippen LogP contribution < -0.4 is 15.0 Å². The predicted octanol–water partition coefficient (Wildman–Crippen LogP) is 3.54. The first-order valence-corrected chi connectivity index (χ1v) is 11.4. The minimum atomic E-state index is -0.399. The van der Waals surface area contributed by atoms with E-state index in [1.54, 1.807) is 7.11 Å². The summed E-state index contributed by atoms with van der Waals surface area (Å²) in [5.74, 6) is 1.25. The van der Waals surface area contributed by atoms with E-state index in [1.165, 1.54) is 11.8 Å². The Hall–Kier alpha value is -3.04. The number of hydrogen-bond donors (Lipinski definition) is 1. The van der Waals surface area contributed by atoms with Crippen molar-refractivity contribution in [2.75, 3.05) is 43.6 Å². The standard InChI is InChI=1S/C23H27N5O3S/c1-16-8-4-6-10-19(16)28-22(27-12-14-31-15-13-27)25-26-23(28)32-17(2)21(29)24-18-9-5-7-11-20(18)30-3/h4-11,17H,12-15H2,1-3H3,(H,24,29). The van der Waals surface area contributed by atoms with E-state index in [0.717, 1.165) is 30.3 Å². The second kappa shape index (κ2) is 10.1. The normalized spacial score (nSPS) is 14.8. The highest BCUT2D eigenvalue weighted by Gasteiger charge is 2.25. The molecule has 8 nitrogen and oxygen atoms in total. The van der Waals surface area contributed by atoms with E-state index in [0.29, 0.717) is 29.8 Å². The van der Waals surface area contributed by atoms with Crippen molar-refractivity contribution in [2.24, 2.45) is 0 Å². The van der Waals surface area contributed by atoms with Crippen LogP contribution in [0.4, 0.5) is 11.6 Å². The van der Waals surface area contributed by atoms with E-state index in [4.69, 9.17) is 9.47 Å². The van der Waals surface area contributed by atoms with Crippen molar-refractivity contribution in [2.45, 2.75) is 24.3 Å². The van der Waals surface area contributed by atoms with Crippen molar-refractivity contribution in [1.29, 1.82) is 0 Å². The zero-order valence-electron chi connectivity index (χ0n) is 18.4. The van der Waals surface area contributed by atoms with Gasteiger partial charge in [-0.25, -0.2) is 0 Å². The van der Waals surface area contributed by atoms with Gasteiger partial charge in [-0.15, -0.1) is 10.2 Å². The summed E-state index contributed by atoms with van der Waals surface area (Å²) in [6.07, 6.45) is 0. The van der Waals surface area contributed by atoms with Crippen molar-refractivity contribution in [3.63, 3.8) is 0 Å². The van der Waals surface area contributed by atoms with Gasteiger partial charge in [0.15, 0.2) is 5.16 Å². The molecule has 168 valence electrons. The number of ether oxygens (including phenoxy) is 2. The Bertz CT molecular complexity index is 1080. The molecule has 32 heavy (non-hydrogen) atoms. The quantitative estimate of drug-likeness (QED) is 0.548. The third kappa shape index (κ3) is 4.73. The molecule has 1 atom stereocenters. The lowest BCUT2D eigenvalue weighted by Crippen LogP contribution is -2.38. The van der Waals surface area contributed by atoms with Crippen molar-refractivity contribution in [3.8, 4) is 11.4 Å². The van der Waals surface area contributed by atoms with Crippen LogP contribution in [0, 0.1) is 6.92 Å². The lowest BCUT2D eigenvalue weighted by atomic mass is 10.2. The van der Waals surface area contributed by atoms with Crippen LogP contribution in [0.2, 0.25) is 0 Å². The number of aromatic nitrogens is 3. The van der Waals surface area contributed by atoms with Crippen LogP contribution in [-0.2, 0) is 9.53 Å². The minimum absolute atomic E-state index is 0.133. The number of aryl methyl sites for hydroxylation is 1. The molecule has 1 aromatic heterocycles. The number of anilines is 2. The van der Waals surface area contributed by atoms with Crippen molar-refractivity contribution >= 4 is 29.3 Å². The third-order valence-corrected chi connectivity index (χ3v) is 6.33. The Kier molecular flexibility index (Phi) is 6.96. The number of rotatable bonds is 7. The summed E-state index contributed by atoms with van der Waals surface area (Å²) in [5, 5.41) is 12.2. The van der Waals surface area contributed by atoms with E-state index in [2.05, 4.69) is 33.4 Å². The molecule has 1 N–H and O–H groups in total. The Labute approximate surface area is 191 Å². The number of benzene rings is 2. The highest BCUT2D eigenvalue weighted by atomic mass is 32.2. The molecule has 1 amide bonds. The van der Waals surface area contributed by atoms with Crippen LogP contribution in [0.3, 0.4) is 0 Å². The summed E-state index contributed by atoms with van der Waals surface area (Å²) < 4.78 is 12.9. The summed E-state index contributed by atoms with van der Waals surface area (Å²) in [7, 11) is 1.58. The molecular formula is C23H27N5O3S. The van der Waals surface area contributed by atoms with Crippen LogP contribution in [0.5, 0.6) is 5.75 Å². The Morgan fingerprint density at radius 3 is 2.59 bits per heavy atom. The van der Waals surface area contributed by atoms with E-state index < -0.39 is 5.25 Å². The molecular weight excluding hydrogens is 426 g/mol. The molecule has 3 aromatic rings. The molecule has 0 saturated carbocycles. The average molecular weight is 454 g/mol. The molecule has 4 rings (SSSR count). The molecule has 1 aliphatic heterocycles. The summed E-state index contributed by atoms with van der Waals surface area (Å²) in [6.45, 7) is 6.73. The summed E-state index contributed by atoms with van der Waals surface area (Å²) in [5.41, 5.74) is 2.75. The van der Waals surface area contributed by atoms with Gasteiger partial charge in [-0.3, -0.25) is 9.36 Å². The van der Waals surface area contributed by atoms with Gasteiger partial charge < -0.3 is 19.7 Å². The number of carbonyl (C=O) groups is 1. The highest BCUT2D eigenvalue weighted by molar-refractivity contribution is 8.00. The van der Waals surface area contributed by atoms with Gasteiger partial charge in [0.1, 0.15) is 5.75 Å². The molecule has 0 radical (unpaired) electrons.